The van der Waals surface area contributed by atoms with Crippen LogP contribution in [0, 0.1) is 5.92 Å². The molecule has 0 radical (unpaired) electrons. The van der Waals surface area contributed by atoms with Gasteiger partial charge >= 0.3 is 0 Å². The first-order chi connectivity index (χ1) is 6.81. The molecule has 82 valence electrons. The average Bonchev–Trinajstić information content (AvgIpc) is 2.88. The summed E-state index contributed by atoms with van der Waals surface area (Å²) in [5.74, 6) is 0.976. The fraction of sp³-hybridized carbons (Fsp3) is 1.00. The minimum atomic E-state index is 0.751. The fourth-order valence-corrected chi connectivity index (χ4v) is 2.78. The van der Waals surface area contributed by atoms with Gasteiger partial charge in [-0.2, -0.15) is 0 Å². The summed E-state index contributed by atoms with van der Waals surface area (Å²) in [4.78, 5) is 2.59. The van der Waals surface area contributed by atoms with E-state index in [1.165, 1.54) is 45.1 Å². The van der Waals surface area contributed by atoms with Crippen LogP contribution < -0.4 is 5.32 Å². The molecule has 0 spiro atoms. The van der Waals surface area contributed by atoms with Crippen molar-refractivity contribution in [2.75, 3.05) is 20.6 Å². The van der Waals surface area contributed by atoms with Crippen molar-refractivity contribution in [3.05, 3.63) is 0 Å². The first-order valence-corrected chi connectivity index (χ1v) is 6.18. The summed E-state index contributed by atoms with van der Waals surface area (Å²) in [6.07, 6.45) is 8.65. The second-order valence-corrected chi connectivity index (χ2v) is 5.11. The average molecular weight is 196 g/mol. The molecule has 1 unspecified atom stereocenters. The topological polar surface area (TPSA) is 15.3 Å². The fourth-order valence-electron chi connectivity index (χ4n) is 2.78. The van der Waals surface area contributed by atoms with Crippen LogP contribution in [0.15, 0.2) is 0 Å². The standard InChI is InChI=1S/C12H24N2/c1-13-12(10-7-8-10)9-14(2)11-5-3-4-6-11/h10-13H,3-9H2,1-2H3. The molecular formula is C12H24N2. The third-order valence-electron chi connectivity index (χ3n) is 3.99. The van der Waals surface area contributed by atoms with Crippen molar-refractivity contribution in [1.29, 1.82) is 0 Å². The molecule has 0 saturated heterocycles. The van der Waals surface area contributed by atoms with Crippen molar-refractivity contribution in [3.8, 4) is 0 Å². The van der Waals surface area contributed by atoms with Crippen molar-refractivity contribution in [2.45, 2.75) is 50.6 Å². The number of nitrogens with one attached hydrogen (secondary N) is 1. The summed E-state index contributed by atoms with van der Waals surface area (Å²) in [6.45, 7) is 1.26. The lowest BCUT2D eigenvalue weighted by Gasteiger charge is -2.28. The largest absolute Gasteiger partial charge is 0.315 e. The highest BCUT2D eigenvalue weighted by atomic mass is 15.2. The molecule has 0 aliphatic heterocycles. The molecule has 0 bridgehead atoms. The molecule has 0 heterocycles. The monoisotopic (exact) mass is 196 g/mol. The molecule has 0 aromatic heterocycles. The van der Waals surface area contributed by atoms with E-state index in [4.69, 9.17) is 0 Å². The highest BCUT2D eigenvalue weighted by molar-refractivity contribution is 4.88. The molecule has 1 N–H and O–H groups in total. The summed E-state index contributed by atoms with van der Waals surface area (Å²) in [5, 5.41) is 3.48. The van der Waals surface area contributed by atoms with Crippen molar-refractivity contribution >= 4 is 0 Å². The minimum absolute atomic E-state index is 0.751. The van der Waals surface area contributed by atoms with Gasteiger partial charge in [-0.25, -0.2) is 0 Å². The van der Waals surface area contributed by atoms with Gasteiger partial charge in [0.2, 0.25) is 0 Å². The van der Waals surface area contributed by atoms with Gasteiger partial charge in [-0.3, -0.25) is 0 Å². The Morgan fingerprint density at radius 2 is 1.86 bits per heavy atom. The molecule has 2 saturated carbocycles. The molecule has 2 aliphatic rings. The second kappa shape index (κ2) is 4.63. The highest BCUT2D eigenvalue weighted by Crippen LogP contribution is 2.33. The first kappa shape index (κ1) is 10.4. The Hall–Kier alpha value is -0.0800. The summed E-state index contributed by atoms with van der Waals surface area (Å²) < 4.78 is 0. The summed E-state index contributed by atoms with van der Waals surface area (Å²) in [6, 6.07) is 1.63. The Labute approximate surface area is 88.1 Å². The molecule has 1 atom stereocenters. The van der Waals surface area contributed by atoms with Crippen LogP contribution >= 0.6 is 0 Å². The van der Waals surface area contributed by atoms with E-state index in [0.29, 0.717) is 0 Å². The van der Waals surface area contributed by atoms with Gasteiger partial charge < -0.3 is 10.2 Å². The number of hydrogen-bond acceptors (Lipinski definition) is 2. The Balaban J connectivity index is 1.76. The van der Waals surface area contributed by atoms with Crippen molar-refractivity contribution in [2.24, 2.45) is 5.92 Å². The molecule has 2 nitrogen and oxygen atoms in total. The minimum Gasteiger partial charge on any atom is -0.315 e. The molecule has 2 heteroatoms. The molecule has 0 aromatic rings. The van der Waals surface area contributed by atoms with Crippen LogP contribution in [0.2, 0.25) is 0 Å². The zero-order chi connectivity index (χ0) is 9.97. The van der Waals surface area contributed by atoms with E-state index in [-0.39, 0.29) is 0 Å². The van der Waals surface area contributed by atoms with Gasteiger partial charge in [0.25, 0.3) is 0 Å². The normalized spacial score (nSPS) is 25.9. The molecule has 2 fully saturated rings. The summed E-state index contributed by atoms with van der Waals surface area (Å²) in [7, 11) is 4.42. The zero-order valence-electron chi connectivity index (χ0n) is 9.63. The van der Waals surface area contributed by atoms with Crippen LogP contribution in [-0.4, -0.2) is 37.6 Å². The molecule has 2 aliphatic carbocycles. The number of likely N-dealkylation sites (N-methyl/N-ethyl adjacent to an activating group) is 2. The Bertz CT molecular complexity index is 171. The number of rotatable bonds is 5. The quantitative estimate of drug-likeness (QED) is 0.722. The Morgan fingerprint density at radius 3 is 2.36 bits per heavy atom. The molecular weight excluding hydrogens is 172 g/mol. The maximum atomic E-state index is 3.48. The van der Waals surface area contributed by atoms with Gasteiger partial charge in [0, 0.05) is 18.6 Å². The Kier molecular flexibility index (Phi) is 3.45. The van der Waals surface area contributed by atoms with E-state index in [1.807, 2.05) is 0 Å². The van der Waals surface area contributed by atoms with E-state index in [2.05, 4.69) is 24.3 Å². The van der Waals surface area contributed by atoms with E-state index < -0.39 is 0 Å². The van der Waals surface area contributed by atoms with Crippen LogP contribution in [0.5, 0.6) is 0 Å². The van der Waals surface area contributed by atoms with E-state index >= 15 is 0 Å². The lowest BCUT2D eigenvalue weighted by atomic mass is 10.1. The van der Waals surface area contributed by atoms with Crippen LogP contribution in [0.3, 0.4) is 0 Å². The van der Waals surface area contributed by atoms with Gasteiger partial charge in [-0.15, -0.1) is 0 Å². The SMILES string of the molecule is CNC(CN(C)C1CCCC1)C1CC1. The predicted molar refractivity (Wildman–Crippen MR) is 60.5 cm³/mol. The van der Waals surface area contributed by atoms with Gasteiger partial charge in [-0.1, -0.05) is 12.8 Å². The predicted octanol–water partition coefficient (Wildman–Crippen LogP) is 1.86. The molecule has 2 rings (SSSR count). The lowest BCUT2D eigenvalue weighted by molar-refractivity contribution is 0.213. The molecule has 0 aromatic carbocycles. The van der Waals surface area contributed by atoms with Crippen LogP contribution in [-0.2, 0) is 0 Å². The molecule has 0 amide bonds. The van der Waals surface area contributed by atoms with Gasteiger partial charge in [0.15, 0.2) is 0 Å². The highest BCUT2D eigenvalue weighted by Gasteiger charge is 2.32. The van der Waals surface area contributed by atoms with E-state index in [1.54, 1.807) is 0 Å². The maximum Gasteiger partial charge on any atom is 0.0220 e. The smallest absolute Gasteiger partial charge is 0.0220 e. The third-order valence-corrected chi connectivity index (χ3v) is 3.99. The zero-order valence-corrected chi connectivity index (χ0v) is 9.63. The summed E-state index contributed by atoms with van der Waals surface area (Å²) >= 11 is 0. The van der Waals surface area contributed by atoms with Gasteiger partial charge in [-0.05, 0) is 45.7 Å². The van der Waals surface area contributed by atoms with E-state index in [9.17, 15) is 0 Å². The second-order valence-electron chi connectivity index (χ2n) is 5.11. The molecule has 14 heavy (non-hydrogen) atoms. The summed E-state index contributed by atoms with van der Waals surface area (Å²) in [5.41, 5.74) is 0. The van der Waals surface area contributed by atoms with Gasteiger partial charge in [0.1, 0.15) is 0 Å². The third kappa shape index (κ3) is 2.48. The van der Waals surface area contributed by atoms with Crippen molar-refractivity contribution < 1.29 is 0 Å². The van der Waals surface area contributed by atoms with Gasteiger partial charge in [0.05, 0.1) is 0 Å². The van der Waals surface area contributed by atoms with Crippen LogP contribution in [0.4, 0.5) is 0 Å². The number of nitrogens with zero attached hydrogens (tertiary/aromatic N) is 1. The van der Waals surface area contributed by atoms with Crippen molar-refractivity contribution in [1.82, 2.24) is 10.2 Å². The van der Waals surface area contributed by atoms with Crippen LogP contribution in [0.1, 0.15) is 38.5 Å². The van der Waals surface area contributed by atoms with Crippen LogP contribution in [0.25, 0.3) is 0 Å². The van der Waals surface area contributed by atoms with E-state index in [0.717, 1.165) is 18.0 Å². The Morgan fingerprint density at radius 1 is 1.21 bits per heavy atom. The lowest BCUT2D eigenvalue weighted by Crippen LogP contribution is -2.42. The first-order valence-electron chi connectivity index (χ1n) is 6.18. The number of hydrogen-bond donors (Lipinski definition) is 1. The van der Waals surface area contributed by atoms with Crippen molar-refractivity contribution in [3.63, 3.8) is 0 Å². The maximum absolute atomic E-state index is 3.48.